The Balaban J connectivity index is 2.01. The lowest BCUT2D eigenvalue weighted by atomic mass is 10.2. The summed E-state index contributed by atoms with van der Waals surface area (Å²) in [4.78, 5) is 0. The summed E-state index contributed by atoms with van der Waals surface area (Å²) in [6.07, 6.45) is 3.81. The highest BCUT2D eigenvalue weighted by molar-refractivity contribution is 6.30. The van der Waals surface area contributed by atoms with Crippen molar-refractivity contribution in [3.05, 3.63) is 29.3 Å². The van der Waals surface area contributed by atoms with E-state index in [2.05, 4.69) is 12.2 Å². The molecule has 1 aromatic rings. The molecule has 0 aliphatic rings. The maximum Gasteiger partial charge on any atom is 0.119 e. The largest absolute Gasteiger partial charge is 0.492 e. The number of hydrogen-bond acceptors (Lipinski definition) is 2. The highest BCUT2D eigenvalue weighted by atomic mass is 35.5. The Bertz CT molecular complexity index is 274. The zero-order chi connectivity index (χ0) is 11.6. The van der Waals surface area contributed by atoms with Gasteiger partial charge in [0.25, 0.3) is 0 Å². The smallest absolute Gasteiger partial charge is 0.119 e. The number of rotatable bonds is 8. The van der Waals surface area contributed by atoms with E-state index in [4.69, 9.17) is 16.3 Å². The van der Waals surface area contributed by atoms with Crippen LogP contribution < -0.4 is 10.1 Å². The fourth-order valence-electron chi connectivity index (χ4n) is 1.40. The molecule has 0 aromatic heterocycles. The van der Waals surface area contributed by atoms with E-state index in [1.165, 1.54) is 19.3 Å². The van der Waals surface area contributed by atoms with Crippen LogP contribution in [0.2, 0.25) is 5.02 Å². The zero-order valence-corrected chi connectivity index (χ0v) is 10.6. The second-order valence-electron chi connectivity index (χ2n) is 3.76. The predicted octanol–water partition coefficient (Wildman–Crippen LogP) is 3.50. The molecule has 0 unspecified atom stereocenters. The summed E-state index contributed by atoms with van der Waals surface area (Å²) in [5, 5.41) is 4.09. The Morgan fingerprint density at radius 1 is 1.12 bits per heavy atom. The van der Waals surface area contributed by atoms with Crippen LogP contribution >= 0.6 is 11.6 Å². The Morgan fingerprint density at radius 3 is 2.56 bits per heavy atom. The predicted molar refractivity (Wildman–Crippen MR) is 69.3 cm³/mol. The Kier molecular flexibility index (Phi) is 7.02. The van der Waals surface area contributed by atoms with Gasteiger partial charge in [0.2, 0.25) is 0 Å². The van der Waals surface area contributed by atoms with Crippen LogP contribution in [0, 0.1) is 0 Å². The molecule has 0 heterocycles. The van der Waals surface area contributed by atoms with Gasteiger partial charge in [-0.2, -0.15) is 0 Å². The van der Waals surface area contributed by atoms with Crippen molar-refractivity contribution in [2.45, 2.75) is 26.2 Å². The molecule has 0 aliphatic heterocycles. The molecule has 0 atom stereocenters. The van der Waals surface area contributed by atoms with Crippen LogP contribution in [0.3, 0.4) is 0 Å². The second-order valence-corrected chi connectivity index (χ2v) is 4.20. The molecule has 0 spiro atoms. The quantitative estimate of drug-likeness (QED) is 0.704. The second kappa shape index (κ2) is 8.43. The van der Waals surface area contributed by atoms with Gasteiger partial charge >= 0.3 is 0 Å². The summed E-state index contributed by atoms with van der Waals surface area (Å²) in [6, 6.07) is 7.45. The highest BCUT2D eigenvalue weighted by Gasteiger charge is 1.93. The Labute approximate surface area is 103 Å². The minimum Gasteiger partial charge on any atom is -0.492 e. The first-order chi connectivity index (χ1) is 7.83. The van der Waals surface area contributed by atoms with Crippen molar-refractivity contribution >= 4 is 11.6 Å². The van der Waals surface area contributed by atoms with E-state index in [0.717, 1.165) is 23.9 Å². The molecular weight excluding hydrogens is 222 g/mol. The summed E-state index contributed by atoms with van der Waals surface area (Å²) in [6.45, 7) is 4.89. The fourth-order valence-corrected chi connectivity index (χ4v) is 1.52. The molecule has 0 bridgehead atoms. The molecule has 0 aliphatic carbocycles. The van der Waals surface area contributed by atoms with E-state index < -0.39 is 0 Å². The van der Waals surface area contributed by atoms with Crippen molar-refractivity contribution < 1.29 is 4.74 Å². The van der Waals surface area contributed by atoms with Crippen LogP contribution in [0.4, 0.5) is 0 Å². The van der Waals surface area contributed by atoms with Gasteiger partial charge in [-0.3, -0.25) is 0 Å². The first-order valence-corrected chi connectivity index (χ1v) is 6.30. The number of halogens is 1. The van der Waals surface area contributed by atoms with Gasteiger partial charge in [-0.15, -0.1) is 0 Å². The third-order valence-electron chi connectivity index (χ3n) is 2.32. The van der Waals surface area contributed by atoms with Gasteiger partial charge in [-0.1, -0.05) is 31.4 Å². The van der Waals surface area contributed by atoms with Crippen molar-refractivity contribution in [2.75, 3.05) is 19.7 Å². The van der Waals surface area contributed by atoms with Gasteiger partial charge in [-0.25, -0.2) is 0 Å². The van der Waals surface area contributed by atoms with Gasteiger partial charge in [-0.05, 0) is 37.2 Å². The van der Waals surface area contributed by atoms with E-state index >= 15 is 0 Å². The maximum absolute atomic E-state index is 5.78. The van der Waals surface area contributed by atoms with Crippen LogP contribution in [0.15, 0.2) is 24.3 Å². The molecular formula is C13H20ClNO. The van der Waals surface area contributed by atoms with E-state index in [1.807, 2.05) is 24.3 Å². The maximum atomic E-state index is 5.78. The summed E-state index contributed by atoms with van der Waals surface area (Å²) < 4.78 is 5.55. The van der Waals surface area contributed by atoms with Crippen LogP contribution in [-0.4, -0.2) is 19.7 Å². The number of hydrogen-bond donors (Lipinski definition) is 1. The lowest BCUT2D eigenvalue weighted by Crippen LogP contribution is -2.22. The molecule has 0 radical (unpaired) electrons. The normalized spacial score (nSPS) is 10.4. The van der Waals surface area contributed by atoms with Crippen LogP contribution in [0.5, 0.6) is 5.75 Å². The summed E-state index contributed by atoms with van der Waals surface area (Å²) in [5.74, 6) is 0.875. The Morgan fingerprint density at radius 2 is 1.88 bits per heavy atom. The first kappa shape index (κ1) is 13.3. The van der Waals surface area contributed by atoms with Crippen LogP contribution in [0.1, 0.15) is 26.2 Å². The third-order valence-corrected chi connectivity index (χ3v) is 2.57. The molecule has 0 fully saturated rings. The average molecular weight is 242 g/mol. The van der Waals surface area contributed by atoms with Gasteiger partial charge in [0.1, 0.15) is 12.4 Å². The van der Waals surface area contributed by atoms with Crippen molar-refractivity contribution in [1.82, 2.24) is 5.32 Å². The standard InChI is InChI=1S/C13H20ClNO/c1-2-3-4-9-15-10-11-16-13-7-5-12(14)6-8-13/h5-8,15H,2-4,9-11H2,1H3. The number of nitrogens with one attached hydrogen (secondary N) is 1. The third kappa shape index (κ3) is 5.99. The van der Waals surface area contributed by atoms with Gasteiger partial charge in [0, 0.05) is 11.6 Å². The summed E-state index contributed by atoms with van der Waals surface area (Å²) >= 11 is 5.78. The first-order valence-electron chi connectivity index (χ1n) is 5.92. The number of benzene rings is 1. The minimum atomic E-state index is 0.702. The molecule has 1 aromatic carbocycles. The fraction of sp³-hybridized carbons (Fsp3) is 0.538. The number of unbranched alkanes of at least 4 members (excludes halogenated alkanes) is 2. The summed E-state index contributed by atoms with van der Waals surface area (Å²) in [5.41, 5.74) is 0. The molecule has 0 saturated carbocycles. The topological polar surface area (TPSA) is 21.3 Å². The minimum absolute atomic E-state index is 0.702. The van der Waals surface area contributed by atoms with E-state index in [-0.39, 0.29) is 0 Å². The van der Waals surface area contributed by atoms with Gasteiger partial charge in [0.05, 0.1) is 0 Å². The van der Waals surface area contributed by atoms with Gasteiger partial charge < -0.3 is 10.1 Å². The van der Waals surface area contributed by atoms with Gasteiger partial charge in [0.15, 0.2) is 0 Å². The molecule has 1 rings (SSSR count). The van der Waals surface area contributed by atoms with E-state index in [1.54, 1.807) is 0 Å². The molecule has 0 amide bonds. The highest BCUT2D eigenvalue weighted by Crippen LogP contribution is 2.14. The van der Waals surface area contributed by atoms with Crippen molar-refractivity contribution in [1.29, 1.82) is 0 Å². The summed E-state index contributed by atoms with van der Waals surface area (Å²) in [7, 11) is 0. The molecule has 16 heavy (non-hydrogen) atoms. The Hall–Kier alpha value is -0.730. The van der Waals surface area contributed by atoms with Crippen LogP contribution in [-0.2, 0) is 0 Å². The SMILES string of the molecule is CCCCCNCCOc1ccc(Cl)cc1. The van der Waals surface area contributed by atoms with Crippen LogP contribution in [0.25, 0.3) is 0 Å². The average Bonchev–Trinajstić information content (AvgIpc) is 2.30. The van der Waals surface area contributed by atoms with E-state index in [9.17, 15) is 0 Å². The number of ether oxygens (including phenoxy) is 1. The molecule has 0 saturated heterocycles. The lowest BCUT2D eigenvalue weighted by Gasteiger charge is -2.07. The molecule has 90 valence electrons. The monoisotopic (exact) mass is 241 g/mol. The molecule has 3 heteroatoms. The molecule has 1 N–H and O–H groups in total. The van der Waals surface area contributed by atoms with Crippen molar-refractivity contribution in [3.63, 3.8) is 0 Å². The molecule has 2 nitrogen and oxygen atoms in total. The lowest BCUT2D eigenvalue weighted by molar-refractivity contribution is 0.313. The van der Waals surface area contributed by atoms with E-state index in [0.29, 0.717) is 6.61 Å². The van der Waals surface area contributed by atoms with Crippen molar-refractivity contribution in [3.8, 4) is 5.75 Å². The zero-order valence-electron chi connectivity index (χ0n) is 9.84. The van der Waals surface area contributed by atoms with Crippen molar-refractivity contribution in [2.24, 2.45) is 0 Å².